The number of non-ortho nitro benzene ring substituents is 1. The molecule has 0 saturated heterocycles. The second-order valence-corrected chi connectivity index (χ2v) is 6.40. The Balaban J connectivity index is 1.81. The molecule has 3 aromatic rings. The van der Waals surface area contributed by atoms with Crippen molar-refractivity contribution >= 4 is 11.4 Å². The second-order valence-electron chi connectivity index (χ2n) is 6.40. The Morgan fingerprint density at radius 3 is 2.44 bits per heavy atom. The van der Waals surface area contributed by atoms with E-state index in [1.165, 1.54) is 12.1 Å². The topological polar surface area (TPSA) is 96.8 Å². The number of nitro groups is 1. The van der Waals surface area contributed by atoms with Gasteiger partial charge in [0.05, 0.1) is 27.6 Å². The van der Waals surface area contributed by atoms with Crippen LogP contribution >= 0.6 is 0 Å². The lowest BCUT2D eigenvalue weighted by atomic mass is 10.1. The van der Waals surface area contributed by atoms with Crippen molar-refractivity contribution in [2.24, 2.45) is 0 Å². The third-order valence-corrected chi connectivity index (χ3v) is 4.35. The molecule has 1 heterocycles. The number of aromatic nitrogens is 2. The highest BCUT2D eigenvalue weighted by Crippen LogP contribution is 2.26. The SMILES string of the molecule is Cc1cc(C)n(-c2ccc([C@H](C)Nc3ccc([N+](=O)[O-])cc3C#N)cc2)n1. The van der Waals surface area contributed by atoms with Gasteiger partial charge in [0, 0.05) is 23.9 Å². The molecular weight excluding hydrogens is 342 g/mol. The second kappa shape index (κ2) is 7.30. The van der Waals surface area contributed by atoms with E-state index < -0.39 is 4.92 Å². The maximum atomic E-state index is 10.9. The summed E-state index contributed by atoms with van der Waals surface area (Å²) >= 11 is 0. The normalized spacial score (nSPS) is 11.6. The Morgan fingerprint density at radius 2 is 1.89 bits per heavy atom. The van der Waals surface area contributed by atoms with E-state index in [-0.39, 0.29) is 17.3 Å². The van der Waals surface area contributed by atoms with E-state index in [4.69, 9.17) is 0 Å². The van der Waals surface area contributed by atoms with Gasteiger partial charge in [-0.3, -0.25) is 10.1 Å². The summed E-state index contributed by atoms with van der Waals surface area (Å²) < 4.78 is 1.89. The molecule has 0 spiro atoms. The molecule has 1 atom stereocenters. The van der Waals surface area contributed by atoms with Crippen molar-refractivity contribution in [3.05, 3.63) is 81.2 Å². The fourth-order valence-corrected chi connectivity index (χ4v) is 2.98. The fourth-order valence-electron chi connectivity index (χ4n) is 2.98. The van der Waals surface area contributed by atoms with Gasteiger partial charge in [-0.05, 0) is 50.6 Å². The van der Waals surface area contributed by atoms with Gasteiger partial charge >= 0.3 is 0 Å². The summed E-state index contributed by atoms with van der Waals surface area (Å²) in [6, 6.07) is 16.2. The number of benzene rings is 2. The molecule has 0 amide bonds. The fraction of sp³-hybridized carbons (Fsp3) is 0.200. The molecule has 0 bridgehead atoms. The smallest absolute Gasteiger partial charge is 0.270 e. The molecule has 0 aliphatic heterocycles. The van der Waals surface area contributed by atoms with Crippen molar-refractivity contribution in [2.45, 2.75) is 26.8 Å². The largest absolute Gasteiger partial charge is 0.377 e. The summed E-state index contributed by atoms with van der Waals surface area (Å²) in [5.74, 6) is 0. The standard InChI is InChI=1S/C20H19N5O2/c1-13-10-14(2)24(23-13)18-6-4-16(5-7-18)15(3)22-20-9-8-19(25(26)27)11-17(20)12-21/h4-11,15,22H,1-3H3/t15-/m0/s1. The van der Waals surface area contributed by atoms with Gasteiger partial charge in [-0.15, -0.1) is 0 Å². The van der Waals surface area contributed by atoms with Crippen molar-refractivity contribution in [3.8, 4) is 11.8 Å². The van der Waals surface area contributed by atoms with Gasteiger partial charge in [-0.25, -0.2) is 4.68 Å². The summed E-state index contributed by atoms with van der Waals surface area (Å²) in [6.07, 6.45) is 0. The zero-order valence-electron chi connectivity index (χ0n) is 15.3. The van der Waals surface area contributed by atoms with E-state index in [1.54, 1.807) is 6.07 Å². The van der Waals surface area contributed by atoms with E-state index in [9.17, 15) is 15.4 Å². The predicted octanol–water partition coefficient (Wildman–Crippen LogP) is 4.44. The molecule has 0 fully saturated rings. The van der Waals surface area contributed by atoms with Crippen LogP contribution in [0.4, 0.5) is 11.4 Å². The molecule has 0 aliphatic rings. The first-order chi connectivity index (χ1) is 12.9. The molecule has 0 aliphatic carbocycles. The number of anilines is 1. The molecule has 0 unspecified atom stereocenters. The quantitative estimate of drug-likeness (QED) is 0.535. The van der Waals surface area contributed by atoms with Crippen LogP contribution in [0.2, 0.25) is 0 Å². The Kier molecular flexibility index (Phi) is 4.90. The van der Waals surface area contributed by atoms with E-state index in [0.717, 1.165) is 22.6 Å². The lowest BCUT2D eigenvalue weighted by Crippen LogP contribution is -2.08. The van der Waals surface area contributed by atoms with E-state index in [0.29, 0.717) is 5.69 Å². The van der Waals surface area contributed by atoms with Crippen LogP contribution in [-0.4, -0.2) is 14.7 Å². The minimum Gasteiger partial charge on any atom is -0.377 e. The Labute approximate surface area is 157 Å². The number of hydrogen-bond donors (Lipinski definition) is 1. The van der Waals surface area contributed by atoms with E-state index in [1.807, 2.05) is 61.9 Å². The molecule has 7 nitrogen and oxygen atoms in total. The number of hydrogen-bond acceptors (Lipinski definition) is 5. The van der Waals surface area contributed by atoms with Gasteiger partial charge in [0.1, 0.15) is 6.07 Å². The van der Waals surface area contributed by atoms with Gasteiger partial charge < -0.3 is 5.32 Å². The molecule has 27 heavy (non-hydrogen) atoms. The van der Waals surface area contributed by atoms with E-state index in [2.05, 4.69) is 10.4 Å². The van der Waals surface area contributed by atoms with Crippen molar-refractivity contribution < 1.29 is 4.92 Å². The lowest BCUT2D eigenvalue weighted by Gasteiger charge is -2.17. The Bertz CT molecular complexity index is 1030. The van der Waals surface area contributed by atoms with Crippen LogP contribution in [0, 0.1) is 35.3 Å². The van der Waals surface area contributed by atoms with Crippen LogP contribution in [-0.2, 0) is 0 Å². The summed E-state index contributed by atoms with van der Waals surface area (Å²) in [5, 5.41) is 27.9. The maximum absolute atomic E-state index is 10.9. The molecule has 7 heteroatoms. The Morgan fingerprint density at radius 1 is 1.19 bits per heavy atom. The minimum absolute atomic E-state index is 0.0759. The predicted molar refractivity (Wildman–Crippen MR) is 103 cm³/mol. The molecule has 1 N–H and O–H groups in total. The third-order valence-electron chi connectivity index (χ3n) is 4.35. The number of nitriles is 1. The van der Waals surface area contributed by atoms with Crippen LogP contribution in [0.1, 0.15) is 35.5 Å². The molecule has 3 rings (SSSR count). The molecule has 0 saturated carbocycles. The molecule has 2 aromatic carbocycles. The number of nitrogens with one attached hydrogen (secondary N) is 1. The number of rotatable bonds is 5. The zero-order chi connectivity index (χ0) is 19.6. The first-order valence-corrected chi connectivity index (χ1v) is 8.47. The van der Waals surface area contributed by atoms with Gasteiger partial charge in [-0.1, -0.05) is 12.1 Å². The monoisotopic (exact) mass is 361 g/mol. The molecule has 1 aromatic heterocycles. The van der Waals surface area contributed by atoms with Crippen molar-refractivity contribution in [1.82, 2.24) is 9.78 Å². The first kappa shape index (κ1) is 18.1. The lowest BCUT2D eigenvalue weighted by molar-refractivity contribution is -0.384. The van der Waals surface area contributed by atoms with Crippen LogP contribution in [0.15, 0.2) is 48.5 Å². The van der Waals surface area contributed by atoms with Crippen molar-refractivity contribution in [2.75, 3.05) is 5.32 Å². The van der Waals surface area contributed by atoms with E-state index >= 15 is 0 Å². The average Bonchev–Trinajstić information content (AvgIpc) is 3.00. The summed E-state index contributed by atoms with van der Waals surface area (Å²) in [5.41, 5.74) is 4.75. The van der Waals surface area contributed by atoms with Crippen molar-refractivity contribution in [1.29, 1.82) is 5.26 Å². The first-order valence-electron chi connectivity index (χ1n) is 8.47. The zero-order valence-corrected chi connectivity index (χ0v) is 15.3. The number of nitro benzene ring substituents is 1. The Hall–Kier alpha value is -3.66. The maximum Gasteiger partial charge on any atom is 0.270 e. The van der Waals surface area contributed by atoms with Crippen LogP contribution in [0.5, 0.6) is 0 Å². The molecular formula is C20H19N5O2. The number of nitrogens with zero attached hydrogens (tertiary/aromatic N) is 4. The minimum atomic E-state index is -0.508. The summed E-state index contributed by atoms with van der Waals surface area (Å²) in [7, 11) is 0. The van der Waals surface area contributed by atoms with Crippen LogP contribution in [0.25, 0.3) is 5.69 Å². The average molecular weight is 361 g/mol. The van der Waals surface area contributed by atoms with Crippen molar-refractivity contribution in [3.63, 3.8) is 0 Å². The van der Waals surface area contributed by atoms with Gasteiger partial charge in [-0.2, -0.15) is 10.4 Å². The molecule has 136 valence electrons. The summed E-state index contributed by atoms with van der Waals surface area (Å²) in [6.45, 7) is 5.94. The van der Waals surface area contributed by atoms with Gasteiger partial charge in [0.2, 0.25) is 0 Å². The van der Waals surface area contributed by atoms with Crippen LogP contribution < -0.4 is 5.32 Å². The highest BCUT2D eigenvalue weighted by Gasteiger charge is 2.13. The highest BCUT2D eigenvalue weighted by atomic mass is 16.6. The highest BCUT2D eigenvalue weighted by molar-refractivity contribution is 5.62. The van der Waals surface area contributed by atoms with Gasteiger partial charge in [0.25, 0.3) is 5.69 Å². The summed E-state index contributed by atoms with van der Waals surface area (Å²) in [4.78, 5) is 10.4. The molecule has 0 radical (unpaired) electrons. The third kappa shape index (κ3) is 3.80. The number of aryl methyl sites for hydroxylation is 2. The van der Waals surface area contributed by atoms with Crippen LogP contribution in [0.3, 0.4) is 0 Å². The van der Waals surface area contributed by atoms with Gasteiger partial charge in [0.15, 0.2) is 0 Å².